The monoisotopic (exact) mass is 705 g/mol. The molecule has 1 saturated carbocycles. The minimum absolute atomic E-state index is 0.0279. The summed E-state index contributed by atoms with van der Waals surface area (Å²) in [7, 11) is 1.74. The van der Waals surface area contributed by atoms with Crippen LogP contribution in [0.4, 0.5) is 29.3 Å². The van der Waals surface area contributed by atoms with Gasteiger partial charge in [0.1, 0.15) is 27.8 Å². The molecule has 262 valence electrons. The van der Waals surface area contributed by atoms with Crippen LogP contribution >= 0.6 is 11.3 Å². The molecule has 1 N–H and O–H groups in total. The number of nitriles is 1. The van der Waals surface area contributed by atoms with Gasteiger partial charge < -0.3 is 24.0 Å². The van der Waals surface area contributed by atoms with E-state index in [4.69, 9.17) is 19.2 Å². The Morgan fingerprint density at radius 1 is 1.10 bits per heavy atom. The lowest BCUT2D eigenvalue weighted by Crippen LogP contribution is -2.45. The molecule has 2 aliphatic heterocycles. The van der Waals surface area contributed by atoms with Crippen molar-refractivity contribution in [2.75, 3.05) is 30.4 Å². The number of carbonyl (C=O) groups is 2. The number of amides is 2. The van der Waals surface area contributed by atoms with E-state index in [9.17, 15) is 14.9 Å². The Balaban J connectivity index is 1.31. The topological polar surface area (TPSA) is 143 Å². The average molecular weight is 706 g/mol. The fraction of sp³-hybridized carbons (Fsp3) is 0.486. The Morgan fingerprint density at radius 3 is 2.46 bits per heavy atom. The fourth-order valence-corrected chi connectivity index (χ4v) is 7.94. The SMILES string of the molecule is CN(C(=O)OC(C)(C)C)[C@@H]1CN(c2ncc3c4c(c(-c5ncc(F)c6sc(NC(=O)OC(C)(C)C)c(C#N)c56)c(F)c3n2)COC4)CC12CC2. The van der Waals surface area contributed by atoms with Crippen LogP contribution in [0.15, 0.2) is 12.4 Å². The predicted molar refractivity (Wildman–Crippen MR) is 183 cm³/mol. The second-order valence-electron chi connectivity index (χ2n) is 15.1. The molecule has 0 radical (unpaired) electrons. The summed E-state index contributed by atoms with van der Waals surface area (Å²) < 4.78 is 49.1. The number of fused-ring (bicyclic) bond motifs is 4. The molecule has 7 rings (SSSR count). The lowest BCUT2D eigenvalue weighted by molar-refractivity contribution is 0.0189. The van der Waals surface area contributed by atoms with E-state index in [1.54, 1.807) is 38.9 Å². The quantitative estimate of drug-likeness (QED) is 0.230. The lowest BCUT2D eigenvalue weighted by atomic mass is 9.94. The maximum atomic E-state index is 17.0. The zero-order valence-electron chi connectivity index (χ0n) is 28.9. The number of hydrogen-bond acceptors (Lipinski definition) is 11. The summed E-state index contributed by atoms with van der Waals surface area (Å²) in [6.07, 6.45) is 3.19. The fourth-order valence-electron chi connectivity index (χ4n) is 6.90. The first-order chi connectivity index (χ1) is 23.5. The number of benzene rings is 1. The number of thiophene rings is 1. The van der Waals surface area contributed by atoms with E-state index in [2.05, 4.69) is 21.4 Å². The van der Waals surface area contributed by atoms with Gasteiger partial charge in [0.25, 0.3) is 0 Å². The Bertz CT molecular complexity index is 2130. The van der Waals surface area contributed by atoms with Gasteiger partial charge in [-0.25, -0.2) is 28.3 Å². The van der Waals surface area contributed by atoms with Crippen LogP contribution < -0.4 is 10.2 Å². The third-order valence-electron chi connectivity index (χ3n) is 9.25. The van der Waals surface area contributed by atoms with Gasteiger partial charge in [-0.1, -0.05) is 0 Å². The van der Waals surface area contributed by atoms with Gasteiger partial charge in [-0.3, -0.25) is 10.3 Å². The van der Waals surface area contributed by atoms with Crippen molar-refractivity contribution in [2.24, 2.45) is 5.41 Å². The maximum absolute atomic E-state index is 17.0. The van der Waals surface area contributed by atoms with E-state index in [0.29, 0.717) is 35.6 Å². The van der Waals surface area contributed by atoms with Gasteiger partial charge in [0.05, 0.1) is 41.4 Å². The molecule has 1 atom stereocenters. The van der Waals surface area contributed by atoms with Gasteiger partial charge in [-0.05, 0) is 65.5 Å². The average Bonchev–Trinajstić information content (AvgIpc) is 3.32. The molecule has 5 heterocycles. The first kappa shape index (κ1) is 33.8. The number of likely N-dealkylation sites (N-methyl/N-ethyl adjacent to an activating group) is 1. The van der Waals surface area contributed by atoms with E-state index in [1.807, 2.05) is 25.7 Å². The van der Waals surface area contributed by atoms with Gasteiger partial charge in [0, 0.05) is 48.1 Å². The van der Waals surface area contributed by atoms with E-state index < -0.39 is 35.0 Å². The summed E-state index contributed by atoms with van der Waals surface area (Å²) in [5.74, 6) is -1.13. The molecule has 1 aliphatic carbocycles. The highest BCUT2D eigenvalue weighted by atomic mass is 32.1. The molecule has 0 bridgehead atoms. The predicted octanol–water partition coefficient (Wildman–Crippen LogP) is 7.27. The standard InChI is InChI=1S/C35H37F2N7O5S/c1-33(2,3)48-31(45)42-29-17(10-38)24-27(39-12-21(36)28(24)50-29)23-20-15-47-14-19(20)18-11-40-30(41-26(18)25(23)37)44-13-22(35(16-44)8-9-35)43(7)32(46)49-34(4,5)6/h11-12,22H,8-9,13-16H2,1-7H3,(H,42,45)/t22-/m1/s1. The van der Waals surface area contributed by atoms with Crippen molar-refractivity contribution in [3.63, 3.8) is 0 Å². The first-order valence-corrected chi connectivity index (χ1v) is 17.1. The summed E-state index contributed by atoms with van der Waals surface area (Å²) in [6, 6.07) is 1.91. The Kier molecular flexibility index (Phi) is 7.91. The van der Waals surface area contributed by atoms with Crippen LogP contribution in [0.25, 0.3) is 32.2 Å². The molecule has 0 unspecified atom stereocenters. The van der Waals surface area contributed by atoms with Crippen molar-refractivity contribution in [1.82, 2.24) is 19.9 Å². The molecule has 1 aromatic carbocycles. The summed E-state index contributed by atoms with van der Waals surface area (Å²) in [5.41, 5.74) is -0.385. The van der Waals surface area contributed by atoms with Gasteiger partial charge in [0.2, 0.25) is 5.95 Å². The molecule has 1 spiro atoms. The number of ether oxygens (including phenoxy) is 3. The Hall–Kier alpha value is -4.68. The zero-order chi connectivity index (χ0) is 35.9. The number of aromatic nitrogens is 3. The lowest BCUT2D eigenvalue weighted by Gasteiger charge is -2.31. The largest absolute Gasteiger partial charge is 0.444 e. The highest BCUT2D eigenvalue weighted by Crippen LogP contribution is 2.55. The molecular weight excluding hydrogens is 668 g/mol. The van der Waals surface area contributed by atoms with Gasteiger partial charge >= 0.3 is 12.2 Å². The molecule has 3 aromatic heterocycles. The van der Waals surface area contributed by atoms with Crippen LogP contribution in [0.3, 0.4) is 0 Å². The highest BCUT2D eigenvalue weighted by molar-refractivity contribution is 7.23. The number of nitrogens with one attached hydrogen (secondary N) is 1. The van der Waals surface area contributed by atoms with E-state index in [1.165, 1.54) is 0 Å². The normalized spacial score (nSPS) is 18.0. The van der Waals surface area contributed by atoms with E-state index >= 15 is 8.78 Å². The van der Waals surface area contributed by atoms with Crippen molar-refractivity contribution >= 4 is 55.5 Å². The summed E-state index contributed by atoms with van der Waals surface area (Å²) >= 11 is 0.841. The minimum atomic E-state index is -0.819. The van der Waals surface area contributed by atoms with Crippen LogP contribution in [0.2, 0.25) is 0 Å². The smallest absolute Gasteiger partial charge is 0.412 e. The van der Waals surface area contributed by atoms with Gasteiger partial charge in [0.15, 0.2) is 11.6 Å². The van der Waals surface area contributed by atoms with Crippen LogP contribution in [-0.4, -0.2) is 69.4 Å². The summed E-state index contributed by atoms with van der Waals surface area (Å²) in [5, 5.41) is 13.4. The van der Waals surface area contributed by atoms with Crippen molar-refractivity contribution < 1.29 is 32.6 Å². The van der Waals surface area contributed by atoms with Crippen molar-refractivity contribution in [3.05, 3.63) is 40.7 Å². The second kappa shape index (κ2) is 11.7. The third-order valence-corrected chi connectivity index (χ3v) is 10.4. The molecule has 2 fully saturated rings. The molecule has 3 aliphatic rings. The third kappa shape index (κ3) is 5.83. The summed E-state index contributed by atoms with van der Waals surface area (Å²) in [6.45, 7) is 11.8. The minimum Gasteiger partial charge on any atom is -0.444 e. The van der Waals surface area contributed by atoms with E-state index in [0.717, 1.165) is 30.4 Å². The highest BCUT2D eigenvalue weighted by Gasteiger charge is 2.58. The van der Waals surface area contributed by atoms with Crippen LogP contribution in [0.1, 0.15) is 71.1 Å². The molecule has 12 nitrogen and oxygen atoms in total. The number of nitrogens with zero attached hydrogens (tertiary/aromatic N) is 6. The van der Waals surface area contributed by atoms with Crippen molar-refractivity contribution in [3.8, 4) is 17.3 Å². The molecule has 15 heteroatoms. The first-order valence-electron chi connectivity index (χ1n) is 16.3. The van der Waals surface area contributed by atoms with Crippen LogP contribution in [0.5, 0.6) is 0 Å². The number of pyridine rings is 1. The Morgan fingerprint density at radius 2 is 1.80 bits per heavy atom. The van der Waals surface area contributed by atoms with Crippen molar-refractivity contribution in [1.29, 1.82) is 5.26 Å². The second-order valence-corrected chi connectivity index (χ2v) is 16.1. The maximum Gasteiger partial charge on any atom is 0.412 e. The zero-order valence-corrected chi connectivity index (χ0v) is 29.7. The molecular formula is C35H37F2N7O5S. The summed E-state index contributed by atoms with van der Waals surface area (Å²) in [4.78, 5) is 42.9. The van der Waals surface area contributed by atoms with Gasteiger partial charge in [-0.2, -0.15) is 5.26 Å². The molecule has 50 heavy (non-hydrogen) atoms. The Labute approximate surface area is 291 Å². The van der Waals surface area contributed by atoms with Crippen LogP contribution in [0, 0.1) is 28.4 Å². The number of carbonyl (C=O) groups excluding carboxylic acids is 2. The molecule has 1 saturated heterocycles. The van der Waals surface area contributed by atoms with Crippen LogP contribution in [-0.2, 0) is 27.4 Å². The molecule has 2 amide bonds. The molecule has 4 aromatic rings. The van der Waals surface area contributed by atoms with Gasteiger partial charge in [-0.15, -0.1) is 11.3 Å². The number of anilines is 2. The number of hydrogen-bond donors (Lipinski definition) is 1. The van der Waals surface area contributed by atoms with Crippen molar-refractivity contribution in [2.45, 2.75) is 84.8 Å². The number of halogens is 2. The number of rotatable bonds is 4. The van der Waals surface area contributed by atoms with E-state index in [-0.39, 0.29) is 62.1 Å².